The molecule has 2 aromatic carbocycles. The maximum atomic E-state index is 15.2. The summed E-state index contributed by atoms with van der Waals surface area (Å²) in [6.45, 7) is 4.80. The summed E-state index contributed by atoms with van der Waals surface area (Å²) >= 11 is 0. The Balaban J connectivity index is 1.80. The molecular weight excluding hydrogens is 496 g/mol. The fraction of sp³-hybridized carbons (Fsp3) is 0.429. The van der Waals surface area contributed by atoms with Crippen molar-refractivity contribution < 1.29 is 32.8 Å². The third-order valence-corrected chi connectivity index (χ3v) is 7.05. The van der Waals surface area contributed by atoms with Gasteiger partial charge < -0.3 is 15.1 Å². The largest absolute Gasteiger partial charge is 0.342 e. The molecule has 0 saturated carbocycles. The van der Waals surface area contributed by atoms with Crippen LogP contribution in [0, 0.1) is 23.5 Å². The molecule has 0 radical (unpaired) electrons. The van der Waals surface area contributed by atoms with Crippen molar-refractivity contribution >= 4 is 23.7 Å². The second-order valence-electron chi connectivity index (χ2n) is 10.3. The number of nitrogens with zero attached hydrogens (tertiary/aromatic N) is 2. The number of rotatable bonds is 6. The van der Waals surface area contributed by atoms with Gasteiger partial charge in [-0.3, -0.25) is 19.2 Å². The minimum absolute atomic E-state index is 0.0617. The lowest BCUT2D eigenvalue weighted by Gasteiger charge is -2.45. The maximum absolute atomic E-state index is 15.2. The van der Waals surface area contributed by atoms with Crippen molar-refractivity contribution in [3.05, 3.63) is 70.8 Å². The van der Waals surface area contributed by atoms with Gasteiger partial charge in [0.2, 0.25) is 11.8 Å². The third kappa shape index (κ3) is 5.39. The predicted octanol–water partition coefficient (Wildman–Crippen LogP) is 3.10. The Morgan fingerprint density at radius 1 is 1.11 bits per heavy atom. The molecule has 1 fully saturated rings. The van der Waals surface area contributed by atoms with E-state index in [4.69, 9.17) is 4.84 Å². The molecule has 1 aliphatic carbocycles. The molecule has 3 atom stereocenters. The van der Waals surface area contributed by atoms with E-state index in [0.29, 0.717) is 24.0 Å². The fourth-order valence-electron chi connectivity index (χ4n) is 5.41. The summed E-state index contributed by atoms with van der Waals surface area (Å²) in [5.41, 5.74) is 1.84. The summed E-state index contributed by atoms with van der Waals surface area (Å²) in [7, 11) is 1.16. The second kappa shape index (κ2) is 10.9. The first-order valence-electron chi connectivity index (χ1n) is 12.6. The molecule has 4 rings (SSSR count). The van der Waals surface area contributed by atoms with Gasteiger partial charge in [-0.05, 0) is 48.3 Å². The van der Waals surface area contributed by atoms with Gasteiger partial charge in [0.15, 0.2) is 0 Å². The van der Waals surface area contributed by atoms with E-state index in [-0.39, 0.29) is 23.8 Å². The SMILES string of the molecule is CC(=O)ON(C)C(=O)[C@@H](c1ccc(F)cc1F)N1C(=O)[C@@H](C2Cc3ccccc3C2)NC(=O)[C@H]1CC(C)C. The number of carbonyl (C=O) groups excluding carboxylic acids is 4. The zero-order valence-corrected chi connectivity index (χ0v) is 21.7. The van der Waals surface area contributed by atoms with Crippen molar-refractivity contribution in [1.82, 2.24) is 15.3 Å². The quantitative estimate of drug-likeness (QED) is 0.583. The Morgan fingerprint density at radius 3 is 2.29 bits per heavy atom. The third-order valence-electron chi connectivity index (χ3n) is 7.05. The number of benzene rings is 2. The van der Waals surface area contributed by atoms with Crippen LogP contribution in [0.15, 0.2) is 42.5 Å². The van der Waals surface area contributed by atoms with Crippen LogP contribution in [0.3, 0.4) is 0 Å². The van der Waals surface area contributed by atoms with Crippen LogP contribution in [0.2, 0.25) is 0 Å². The normalized spacial score (nSPS) is 20.2. The minimum atomic E-state index is -1.67. The predicted molar refractivity (Wildman–Crippen MR) is 133 cm³/mol. The zero-order valence-electron chi connectivity index (χ0n) is 21.7. The first-order valence-corrected chi connectivity index (χ1v) is 12.6. The topological polar surface area (TPSA) is 96.0 Å². The molecule has 8 nitrogen and oxygen atoms in total. The van der Waals surface area contributed by atoms with E-state index in [1.165, 1.54) is 0 Å². The molecule has 0 spiro atoms. The fourth-order valence-corrected chi connectivity index (χ4v) is 5.41. The van der Waals surface area contributed by atoms with Gasteiger partial charge in [-0.2, -0.15) is 5.06 Å². The molecule has 1 aliphatic heterocycles. The Bertz CT molecular complexity index is 1240. The van der Waals surface area contributed by atoms with Crippen molar-refractivity contribution in [2.45, 2.75) is 58.2 Å². The monoisotopic (exact) mass is 527 g/mol. The summed E-state index contributed by atoms with van der Waals surface area (Å²) in [4.78, 5) is 59.0. The van der Waals surface area contributed by atoms with Crippen molar-refractivity contribution in [3.8, 4) is 0 Å². The Morgan fingerprint density at radius 2 is 1.74 bits per heavy atom. The minimum Gasteiger partial charge on any atom is -0.342 e. The van der Waals surface area contributed by atoms with Crippen LogP contribution in [0.5, 0.6) is 0 Å². The highest BCUT2D eigenvalue weighted by atomic mass is 19.1. The van der Waals surface area contributed by atoms with Crippen molar-refractivity contribution in [3.63, 3.8) is 0 Å². The summed E-state index contributed by atoms with van der Waals surface area (Å²) in [6, 6.07) is 6.67. The average molecular weight is 528 g/mol. The average Bonchev–Trinajstić information content (AvgIpc) is 3.27. The molecule has 0 aromatic heterocycles. The van der Waals surface area contributed by atoms with Gasteiger partial charge >= 0.3 is 5.97 Å². The molecular formula is C28H31F2N3O5. The van der Waals surface area contributed by atoms with Crippen LogP contribution in [0.1, 0.15) is 49.9 Å². The lowest BCUT2D eigenvalue weighted by Crippen LogP contribution is -2.67. The van der Waals surface area contributed by atoms with Crippen molar-refractivity contribution in [1.29, 1.82) is 0 Å². The molecule has 1 heterocycles. The van der Waals surface area contributed by atoms with Crippen LogP contribution in [0.4, 0.5) is 8.78 Å². The highest BCUT2D eigenvalue weighted by Crippen LogP contribution is 2.36. The number of carbonyl (C=O) groups is 4. The second-order valence-corrected chi connectivity index (χ2v) is 10.3. The maximum Gasteiger partial charge on any atom is 0.329 e. The van der Waals surface area contributed by atoms with E-state index in [9.17, 15) is 23.6 Å². The van der Waals surface area contributed by atoms with E-state index in [0.717, 1.165) is 42.1 Å². The van der Waals surface area contributed by atoms with Crippen LogP contribution < -0.4 is 5.32 Å². The van der Waals surface area contributed by atoms with Gasteiger partial charge in [-0.1, -0.05) is 44.2 Å². The highest BCUT2D eigenvalue weighted by molar-refractivity contribution is 6.00. The highest BCUT2D eigenvalue weighted by Gasteiger charge is 2.50. The molecule has 3 amide bonds. The van der Waals surface area contributed by atoms with E-state index in [1.54, 1.807) is 0 Å². The molecule has 1 N–H and O–H groups in total. The number of hydrogen-bond acceptors (Lipinski definition) is 5. The molecule has 2 aliphatic rings. The molecule has 10 heteroatoms. The van der Waals surface area contributed by atoms with Gasteiger partial charge in [-0.15, -0.1) is 0 Å². The number of amides is 3. The summed E-state index contributed by atoms with van der Waals surface area (Å²) < 4.78 is 29.0. The number of hydroxylamine groups is 2. The summed E-state index contributed by atoms with van der Waals surface area (Å²) in [5, 5.41) is 3.48. The number of halogens is 2. The Kier molecular flexibility index (Phi) is 7.80. The Labute approximate surface area is 219 Å². The van der Waals surface area contributed by atoms with Gasteiger partial charge in [0.05, 0.1) is 0 Å². The number of nitrogens with one attached hydrogen (secondary N) is 1. The molecule has 1 saturated heterocycles. The van der Waals surface area contributed by atoms with E-state index < -0.39 is 53.5 Å². The first kappa shape index (κ1) is 27.2. The van der Waals surface area contributed by atoms with E-state index in [1.807, 2.05) is 38.1 Å². The van der Waals surface area contributed by atoms with Crippen LogP contribution in [-0.4, -0.2) is 52.8 Å². The first-order chi connectivity index (χ1) is 18.0. The standard InChI is InChI=1S/C28H31F2N3O5/c1-15(2)11-23-26(35)31-24(19-12-17-7-5-6-8-18(17)13-19)27(36)33(23)25(28(37)32(4)38-16(3)34)21-10-9-20(29)14-22(21)30/h5-10,14-15,19,23-25H,11-13H2,1-4H3,(H,31,35)/t23-,24-,25-/m1/s1. The lowest BCUT2D eigenvalue weighted by atomic mass is 9.88. The van der Waals surface area contributed by atoms with Crippen molar-refractivity contribution in [2.75, 3.05) is 7.05 Å². The number of likely N-dealkylation sites (N-methyl/N-ethyl adjacent to an activating group) is 1. The van der Waals surface area contributed by atoms with Gasteiger partial charge in [0.1, 0.15) is 29.8 Å². The van der Waals surface area contributed by atoms with Crippen LogP contribution >= 0.6 is 0 Å². The summed E-state index contributed by atoms with van der Waals surface area (Å²) in [5.74, 6) is -5.03. The van der Waals surface area contributed by atoms with Crippen LogP contribution in [0.25, 0.3) is 0 Å². The zero-order chi connectivity index (χ0) is 27.7. The summed E-state index contributed by atoms with van der Waals surface area (Å²) in [6.07, 6.45) is 1.29. The molecule has 0 bridgehead atoms. The van der Waals surface area contributed by atoms with Crippen LogP contribution in [-0.2, 0) is 36.9 Å². The molecule has 38 heavy (non-hydrogen) atoms. The smallest absolute Gasteiger partial charge is 0.329 e. The van der Waals surface area contributed by atoms with Gasteiger partial charge in [0.25, 0.3) is 5.91 Å². The van der Waals surface area contributed by atoms with Gasteiger partial charge in [-0.25, -0.2) is 8.78 Å². The molecule has 2 aromatic rings. The van der Waals surface area contributed by atoms with Crippen molar-refractivity contribution in [2.24, 2.45) is 11.8 Å². The lowest BCUT2D eigenvalue weighted by molar-refractivity contribution is -0.196. The number of fused-ring (bicyclic) bond motifs is 1. The molecule has 0 unspecified atom stereocenters. The van der Waals surface area contributed by atoms with E-state index >= 15 is 4.39 Å². The molecule has 202 valence electrons. The number of hydrogen-bond donors (Lipinski definition) is 1. The van der Waals surface area contributed by atoms with Gasteiger partial charge in [0, 0.05) is 25.6 Å². The van der Waals surface area contributed by atoms with E-state index in [2.05, 4.69) is 5.32 Å². The number of piperazine rings is 1. The Hall–Kier alpha value is -3.82.